The number of nitrogens with zero attached hydrogens (tertiary/aromatic N) is 2. The van der Waals surface area contributed by atoms with Gasteiger partial charge >= 0.3 is 12.1 Å². The van der Waals surface area contributed by atoms with Crippen LogP contribution in [0, 0.1) is 0 Å². The maximum atomic E-state index is 11.8. The Hall–Kier alpha value is -0.703. The second-order valence-corrected chi connectivity index (χ2v) is 5.52. The van der Waals surface area contributed by atoms with E-state index in [0.717, 1.165) is 0 Å². The molecule has 1 atom stereocenters. The van der Waals surface area contributed by atoms with Crippen molar-refractivity contribution in [3.63, 3.8) is 0 Å². The first-order valence-corrected chi connectivity index (χ1v) is 6.15. The molecule has 0 aromatic carbocycles. The number of carbonyl (C=O) groups excluding carboxylic acids is 1. The monoisotopic (exact) mass is 265 g/mol. The third kappa shape index (κ3) is 5.85. The Bertz CT molecular complexity index is 322. The molecular weight excluding hydrogens is 243 g/mol. The molecule has 0 aliphatic carbocycles. The molecule has 7 heteroatoms. The van der Waals surface area contributed by atoms with Gasteiger partial charge in [-0.1, -0.05) is 0 Å². The minimum atomic E-state index is -0.833. The van der Waals surface area contributed by atoms with Gasteiger partial charge in [-0.3, -0.25) is 9.69 Å². The zero-order chi connectivity index (χ0) is 13.9. The second kappa shape index (κ2) is 7.18. The number of hydrogen-bond acceptors (Lipinski definition) is 4. The zero-order valence-corrected chi connectivity index (χ0v) is 12.5. The van der Waals surface area contributed by atoms with Crippen LogP contribution in [0.2, 0.25) is 0 Å². The Morgan fingerprint density at radius 1 is 1.16 bits per heavy atom. The summed E-state index contributed by atoms with van der Waals surface area (Å²) in [5.41, 5.74) is -0.497. The van der Waals surface area contributed by atoms with Crippen LogP contribution >= 0.6 is 0 Å². The van der Waals surface area contributed by atoms with Crippen LogP contribution in [0.1, 0.15) is 27.7 Å². The molecule has 1 amide bonds. The van der Waals surface area contributed by atoms with E-state index in [9.17, 15) is 9.59 Å². The third-order valence-electron chi connectivity index (χ3n) is 2.87. The van der Waals surface area contributed by atoms with Crippen molar-refractivity contribution in [3.8, 4) is 0 Å². The maximum Gasteiger partial charge on any atom is 0.410 e. The van der Waals surface area contributed by atoms with Gasteiger partial charge in [-0.25, -0.2) is 4.79 Å². The first kappa shape index (κ1) is 18.3. The van der Waals surface area contributed by atoms with E-state index in [2.05, 4.69) is 0 Å². The van der Waals surface area contributed by atoms with Crippen LogP contribution in [0.15, 0.2) is 0 Å². The summed E-state index contributed by atoms with van der Waals surface area (Å²) in [7, 11) is 0. The summed E-state index contributed by atoms with van der Waals surface area (Å²) >= 11 is 0. The van der Waals surface area contributed by atoms with Gasteiger partial charge in [0.15, 0.2) is 0 Å². The molecule has 105 valence electrons. The molecule has 1 saturated heterocycles. The van der Waals surface area contributed by atoms with Gasteiger partial charge in [-0.05, 0) is 27.7 Å². The van der Waals surface area contributed by atoms with Crippen molar-refractivity contribution < 1.29 is 19.4 Å². The van der Waals surface area contributed by atoms with Crippen LogP contribution in [0.25, 0.3) is 0 Å². The van der Waals surface area contributed by atoms with Gasteiger partial charge < -0.3 is 14.7 Å². The van der Waals surface area contributed by atoms with Gasteiger partial charge in [0, 0.05) is 45.0 Å². The first-order valence-electron chi connectivity index (χ1n) is 6.15. The van der Waals surface area contributed by atoms with E-state index in [4.69, 9.17) is 9.84 Å². The van der Waals surface area contributed by atoms with E-state index < -0.39 is 17.6 Å². The minimum Gasteiger partial charge on any atom is -0.480 e. The molecule has 1 heterocycles. The van der Waals surface area contributed by atoms with Crippen molar-refractivity contribution in [1.29, 1.82) is 0 Å². The topological polar surface area (TPSA) is 70.1 Å². The largest absolute Gasteiger partial charge is 0.480 e. The summed E-state index contributed by atoms with van der Waals surface area (Å²) in [6, 6.07) is -0.509. The number of carboxylic acids is 1. The summed E-state index contributed by atoms with van der Waals surface area (Å²) in [5, 5.41) is 8.92. The molecule has 1 N–H and O–H groups in total. The zero-order valence-electron chi connectivity index (χ0n) is 12.5. The molecule has 1 aliphatic heterocycles. The Balaban J connectivity index is 0.00000324. The first-order chi connectivity index (χ1) is 8.20. The normalized spacial score (nSPS) is 18.4. The van der Waals surface area contributed by atoms with Crippen LogP contribution < -0.4 is 0 Å². The molecule has 1 unspecified atom stereocenters. The number of rotatable bonds is 2. The molecule has 1 radical (unpaired) electrons. The molecule has 1 fully saturated rings. The van der Waals surface area contributed by atoms with Gasteiger partial charge in [0.25, 0.3) is 0 Å². The number of hydrogen-bond donors (Lipinski definition) is 1. The van der Waals surface area contributed by atoms with E-state index in [0.29, 0.717) is 26.2 Å². The number of carboxylic acid groups (broad SMARTS) is 1. The minimum absolute atomic E-state index is 0. The van der Waals surface area contributed by atoms with E-state index in [1.165, 1.54) is 0 Å². The fourth-order valence-corrected chi connectivity index (χ4v) is 1.77. The molecule has 1 aliphatic rings. The van der Waals surface area contributed by atoms with E-state index in [-0.39, 0.29) is 25.0 Å². The molecule has 0 bridgehead atoms. The molecule has 0 aromatic heterocycles. The average molecular weight is 265 g/mol. The van der Waals surface area contributed by atoms with Gasteiger partial charge in [-0.2, -0.15) is 0 Å². The Kier molecular flexibility index (Phi) is 6.91. The average Bonchev–Trinajstić information content (AvgIpc) is 2.26. The van der Waals surface area contributed by atoms with Crippen molar-refractivity contribution >= 4 is 30.9 Å². The number of carbonyl (C=O) groups is 2. The van der Waals surface area contributed by atoms with Crippen LogP contribution in [0.3, 0.4) is 0 Å². The quantitative estimate of drug-likeness (QED) is 0.742. The SMILES string of the molecule is CC(C(=O)O)N1CCN(C(=O)OC(C)(C)C)CC1.[Li]. The fraction of sp³-hybridized carbons (Fsp3) is 0.833. The fourth-order valence-electron chi connectivity index (χ4n) is 1.77. The molecule has 1 rings (SSSR count). The molecule has 19 heavy (non-hydrogen) atoms. The summed E-state index contributed by atoms with van der Waals surface area (Å²) in [6.07, 6.45) is -0.329. The third-order valence-corrected chi connectivity index (χ3v) is 2.87. The Labute approximate surface area is 126 Å². The molecule has 0 aromatic rings. The summed E-state index contributed by atoms with van der Waals surface area (Å²) < 4.78 is 5.27. The van der Waals surface area contributed by atoms with E-state index >= 15 is 0 Å². The Morgan fingerprint density at radius 2 is 1.63 bits per heavy atom. The molecule has 0 spiro atoms. The van der Waals surface area contributed by atoms with E-state index in [1.54, 1.807) is 11.8 Å². The second-order valence-electron chi connectivity index (χ2n) is 5.52. The Morgan fingerprint density at radius 3 is 2.00 bits per heavy atom. The maximum absolute atomic E-state index is 11.8. The van der Waals surface area contributed by atoms with Crippen LogP contribution in [-0.2, 0) is 9.53 Å². The molecule has 0 saturated carbocycles. The van der Waals surface area contributed by atoms with Crippen molar-refractivity contribution in [3.05, 3.63) is 0 Å². The number of aliphatic carboxylic acids is 1. The van der Waals surface area contributed by atoms with E-state index in [1.807, 2.05) is 25.7 Å². The number of piperazine rings is 1. The molecule has 6 nitrogen and oxygen atoms in total. The van der Waals surface area contributed by atoms with Crippen molar-refractivity contribution in [1.82, 2.24) is 9.80 Å². The summed E-state index contributed by atoms with van der Waals surface area (Å²) in [6.45, 7) is 9.28. The summed E-state index contributed by atoms with van der Waals surface area (Å²) in [4.78, 5) is 26.1. The van der Waals surface area contributed by atoms with Gasteiger partial charge in [0.05, 0.1) is 0 Å². The van der Waals surface area contributed by atoms with Crippen molar-refractivity contribution in [2.45, 2.75) is 39.3 Å². The van der Waals surface area contributed by atoms with Crippen molar-refractivity contribution in [2.75, 3.05) is 26.2 Å². The molecular formula is C12H22LiN2O4. The predicted octanol–water partition coefficient (Wildman–Crippen LogP) is 0.631. The number of ether oxygens (including phenoxy) is 1. The number of amides is 1. The predicted molar refractivity (Wildman–Crippen MR) is 72.2 cm³/mol. The van der Waals surface area contributed by atoms with Crippen molar-refractivity contribution in [2.24, 2.45) is 0 Å². The van der Waals surface area contributed by atoms with Gasteiger partial charge in [-0.15, -0.1) is 0 Å². The summed E-state index contributed by atoms with van der Waals surface area (Å²) in [5.74, 6) is -0.833. The van der Waals surface area contributed by atoms with Crippen LogP contribution in [-0.4, -0.2) is 83.7 Å². The van der Waals surface area contributed by atoms with Gasteiger partial charge in [0.2, 0.25) is 0 Å². The van der Waals surface area contributed by atoms with Crippen LogP contribution in [0.5, 0.6) is 0 Å². The smallest absolute Gasteiger partial charge is 0.410 e. The standard InChI is InChI=1S/C12H22N2O4.Li/c1-9(10(15)16)13-5-7-14(8-6-13)11(17)18-12(2,3)4;/h9H,5-8H2,1-4H3,(H,15,16);. The van der Waals surface area contributed by atoms with Crippen LogP contribution in [0.4, 0.5) is 4.79 Å². The van der Waals surface area contributed by atoms with Gasteiger partial charge in [0.1, 0.15) is 11.6 Å².